The van der Waals surface area contributed by atoms with Crippen LogP contribution in [0.4, 0.5) is 0 Å². The summed E-state index contributed by atoms with van der Waals surface area (Å²) < 4.78 is 0. The quantitative estimate of drug-likeness (QED) is 0.734. The molecule has 0 radical (unpaired) electrons. The maximum absolute atomic E-state index is 5.72. The fourth-order valence-electron chi connectivity index (χ4n) is 3.29. The highest BCUT2D eigenvalue weighted by Gasteiger charge is 2.56. The van der Waals surface area contributed by atoms with Crippen molar-refractivity contribution < 1.29 is 4.84 Å². The minimum Gasteiger partial charge on any atom is -0.407 e. The number of hydrogen-bond donors (Lipinski definition) is 1. The first-order chi connectivity index (χ1) is 7.70. The van der Waals surface area contributed by atoms with Crippen LogP contribution in [-0.4, -0.2) is 0 Å². The molecule has 0 aromatic heterocycles. The smallest absolute Gasteiger partial charge is 0.152 e. The van der Waals surface area contributed by atoms with Crippen LogP contribution in [0.25, 0.3) is 0 Å². The Morgan fingerprint density at radius 2 is 1.47 bits per heavy atom. The SMILES string of the molecule is CC(C)(C)C1(C(C)(C)C)NOc2ccccc21. The predicted octanol–water partition coefficient (Wildman–Crippen LogP) is 3.87. The summed E-state index contributed by atoms with van der Waals surface area (Å²) >= 11 is 0. The van der Waals surface area contributed by atoms with Crippen molar-refractivity contribution in [1.82, 2.24) is 5.48 Å². The summed E-state index contributed by atoms with van der Waals surface area (Å²) in [6.07, 6.45) is 0. The second-order valence-corrected chi connectivity index (χ2v) is 6.95. The van der Waals surface area contributed by atoms with Crippen molar-refractivity contribution in [2.75, 3.05) is 0 Å². The van der Waals surface area contributed by atoms with Gasteiger partial charge in [0.1, 0.15) is 0 Å². The van der Waals surface area contributed by atoms with E-state index in [0.717, 1.165) is 5.75 Å². The number of nitrogens with one attached hydrogen (secondary N) is 1. The number of para-hydroxylation sites is 1. The van der Waals surface area contributed by atoms with Crippen LogP contribution < -0.4 is 10.3 Å². The highest BCUT2D eigenvalue weighted by atomic mass is 16.7. The summed E-state index contributed by atoms with van der Waals surface area (Å²) in [5.74, 6) is 0.956. The Hall–Kier alpha value is -1.02. The summed E-state index contributed by atoms with van der Waals surface area (Å²) in [7, 11) is 0. The van der Waals surface area contributed by atoms with Gasteiger partial charge in [0.15, 0.2) is 5.75 Å². The highest BCUT2D eigenvalue weighted by Crippen LogP contribution is 2.55. The van der Waals surface area contributed by atoms with Crippen LogP contribution in [0.15, 0.2) is 24.3 Å². The van der Waals surface area contributed by atoms with Crippen LogP contribution in [0.1, 0.15) is 47.1 Å². The summed E-state index contributed by atoms with van der Waals surface area (Å²) in [4.78, 5) is 5.72. The molecule has 1 aromatic rings. The van der Waals surface area contributed by atoms with Gasteiger partial charge in [0.2, 0.25) is 0 Å². The number of hydroxylamine groups is 1. The van der Waals surface area contributed by atoms with Crippen LogP contribution in [0.5, 0.6) is 5.75 Å². The Morgan fingerprint density at radius 3 is 2.00 bits per heavy atom. The van der Waals surface area contributed by atoms with E-state index in [2.05, 4.69) is 59.2 Å². The van der Waals surface area contributed by atoms with E-state index in [-0.39, 0.29) is 16.4 Å². The molecule has 0 bridgehead atoms. The van der Waals surface area contributed by atoms with Crippen molar-refractivity contribution in [3.05, 3.63) is 29.8 Å². The molecule has 1 aliphatic heterocycles. The zero-order chi connectivity index (χ0) is 12.9. The third-order valence-electron chi connectivity index (χ3n) is 3.86. The van der Waals surface area contributed by atoms with E-state index in [0.29, 0.717) is 0 Å². The first kappa shape index (κ1) is 12.4. The molecule has 1 aliphatic rings. The van der Waals surface area contributed by atoms with Crippen molar-refractivity contribution in [2.24, 2.45) is 10.8 Å². The second-order valence-electron chi connectivity index (χ2n) is 6.95. The Bertz CT molecular complexity index is 409. The molecule has 1 heterocycles. The zero-order valence-corrected chi connectivity index (χ0v) is 11.7. The minimum atomic E-state index is -0.170. The first-order valence-corrected chi connectivity index (χ1v) is 6.24. The molecule has 17 heavy (non-hydrogen) atoms. The van der Waals surface area contributed by atoms with E-state index in [4.69, 9.17) is 4.84 Å². The molecule has 2 heteroatoms. The van der Waals surface area contributed by atoms with Crippen molar-refractivity contribution in [3.8, 4) is 5.75 Å². The third-order valence-corrected chi connectivity index (χ3v) is 3.86. The van der Waals surface area contributed by atoms with Crippen molar-refractivity contribution in [1.29, 1.82) is 0 Å². The maximum atomic E-state index is 5.72. The molecule has 0 aliphatic carbocycles. The third kappa shape index (κ3) is 1.58. The van der Waals surface area contributed by atoms with Gasteiger partial charge in [-0.05, 0) is 16.9 Å². The summed E-state index contributed by atoms with van der Waals surface area (Å²) in [5.41, 5.74) is 4.54. The molecule has 0 spiro atoms. The number of fused-ring (bicyclic) bond motifs is 1. The summed E-state index contributed by atoms with van der Waals surface area (Å²) in [6, 6.07) is 8.30. The minimum absolute atomic E-state index is 0.0673. The fourth-order valence-corrected chi connectivity index (χ4v) is 3.29. The Balaban J connectivity index is 2.68. The monoisotopic (exact) mass is 233 g/mol. The first-order valence-electron chi connectivity index (χ1n) is 6.24. The molecule has 0 unspecified atom stereocenters. The molecule has 0 amide bonds. The molecule has 94 valence electrons. The lowest BCUT2D eigenvalue weighted by molar-refractivity contribution is -0.0385. The topological polar surface area (TPSA) is 21.3 Å². The van der Waals surface area contributed by atoms with Crippen molar-refractivity contribution in [3.63, 3.8) is 0 Å². The van der Waals surface area contributed by atoms with Crippen molar-refractivity contribution >= 4 is 0 Å². The Labute approximate surface area is 104 Å². The average Bonchev–Trinajstić information content (AvgIpc) is 2.55. The van der Waals surface area contributed by atoms with Gasteiger partial charge in [-0.1, -0.05) is 59.7 Å². The van der Waals surface area contributed by atoms with Crippen LogP contribution >= 0.6 is 0 Å². The zero-order valence-electron chi connectivity index (χ0n) is 11.7. The number of rotatable bonds is 0. The number of benzene rings is 1. The largest absolute Gasteiger partial charge is 0.407 e. The molecule has 1 N–H and O–H groups in total. The highest BCUT2D eigenvalue weighted by molar-refractivity contribution is 5.44. The fraction of sp³-hybridized carbons (Fsp3) is 0.600. The average molecular weight is 233 g/mol. The lowest BCUT2D eigenvalue weighted by atomic mass is 9.57. The number of hydrogen-bond acceptors (Lipinski definition) is 2. The molecular formula is C15H23NO. The second kappa shape index (κ2) is 3.49. The molecular weight excluding hydrogens is 210 g/mol. The van der Waals surface area contributed by atoms with Crippen LogP contribution in [0.3, 0.4) is 0 Å². The lowest BCUT2D eigenvalue weighted by Gasteiger charge is -2.50. The Kier molecular flexibility index (Phi) is 2.55. The molecule has 0 saturated heterocycles. The van der Waals surface area contributed by atoms with Gasteiger partial charge < -0.3 is 4.84 Å². The predicted molar refractivity (Wildman–Crippen MR) is 70.8 cm³/mol. The molecule has 1 aromatic carbocycles. The van der Waals surface area contributed by atoms with Gasteiger partial charge in [0.25, 0.3) is 0 Å². The van der Waals surface area contributed by atoms with E-state index >= 15 is 0 Å². The van der Waals surface area contributed by atoms with Gasteiger partial charge in [-0.15, -0.1) is 5.48 Å². The van der Waals surface area contributed by atoms with Gasteiger partial charge >= 0.3 is 0 Å². The van der Waals surface area contributed by atoms with Crippen LogP contribution in [-0.2, 0) is 5.54 Å². The van der Waals surface area contributed by atoms with Gasteiger partial charge in [0.05, 0.1) is 5.54 Å². The summed E-state index contributed by atoms with van der Waals surface area (Å²) in [5, 5.41) is 0. The van der Waals surface area contributed by atoms with E-state index in [1.54, 1.807) is 0 Å². The normalized spacial score (nSPS) is 18.7. The van der Waals surface area contributed by atoms with E-state index < -0.39 is 0 Å². The van der Waals surface area contributed by atoms with Gasteiger partial charge in [-0.2, -0.15) is 0 Å². The Morgan fingerprint density at radius 1 is 0.941 bits per heavy atom. The molecule has 0 atom stereocenters. The van der Waals surface area contributed by atoms with Gasteiger partial charge in [0, 0.05) is 5.56 Å². The van der Waals surface area contributed by atoms with E-state index in [9.17, 15) is 0 Å². The molecule has 0 saturated carbocycles. The van der Waals surface area contributed by atoms with Crippen LogP contribution in [0.2, 0.25) is 0 Å². The standard InChI is InChI=1S/C15H23NO/c1-13(2,3)15(14(4,5)6)11-9-7-8-10-12(11)17-16-15/h7-10,16H,1-6H3. The summed E-state index contributed by atoms with van der Waals surface area (Å²) in [6.45, 7) is 13.6. The van der Waals surface area contributed by atoms with Gasteiger partial charge in [-0.25, -0.2) is 0 Å². The van der Waals surface area contributed by atoms with Crippen LogP contribution in [0, 0.1) is 10.8 Å². The van der Waals surface area contributed by atoms with E-state index in [1.165, 1.54) is 5.56 Å². The maximum Gasteiger partial charge on any atom is 0.152 e. The lowest BCUT2D eigenvalue weighted by Crippen LogP contribution is -2.57. The van der Waals surface area contributed by atoms with E-state index in [1.807, 2.05) is 12.1 Å². The van der Waals surface area contributed by atoms with Gasteiger partial charge in [-0.3, -0.25) is 0 Å². The molecule has 2 rings (SSSR count). The van der Waals surface area contributed by atoms with Crippen molar-refractivity contribution in [2.45, 2.75) is 47.1 Å². The molecule has 0 fully saturated rings. The molecule has 2 nitrogen and oxygen atoms in total.